The van der Waals surface area contributed by atoms with E-state index >= 15 is 0 Å². The van der Waals surface area contributed by atoms with Crippen LogP contribution in [-0.2, 0) is 10.0 Å². The van der Waals surface area contributed by atoms with E-state index in [4.69, 9.17) is 22.6 Å². The fourth-order valence-corrected chi connectivity index (χ4v) is 4.40. The average Bonchev–Trinajstić information content (AvgIpc) is 2.38. The van der Waals surface area contributed by atoms with Gasteiger partial charge in [-0.15, -0.1) is 0 Å². The zero-order valence-corrected chi connectivity index (χ0v) is 12.7. The molecule has 2 atom stereocenters. The number of piperidine rings is 1. The van der Waals surface area contributed by atoms with Crippen LogP contribution in [0.1, 0.15) is 25.3 Å². The Morgan fingerprint density at radius 1 is 1.50 bits per heavy atom. The number of hydrogen-bond donors (Lipinski definition) is 1. The van der Waals surface area contributed by atoms with Crippen LogP contribution >= 0.6 is 11.6 Å². The lowest BCUT2D eigenvalue weighted by atomic mass is 10.0. The molecule has 1 aliphatic rings. The van der Waals surface area contributed by atoms with Crippen LogP contribution in [0, 0.1) is 11.3 Å². The molecule has 0 saturated carbocycles. The van der Waals surface area contributed by atoms with Crippen molar-refractivity contribution in [2.45, 2.75) is 36.7 Å². The molecule has 1 aromatic rings. The van der Waals surface area contributed by atoms with E-state index in [0.717, 1.165) is 0 Å². The SMILES string of the molecule is C[C@H]1C[C@H](N)CCN1S(=O)(=O)c1ccc(C#N)c(Cl)c1. The second-order valence-corrected chi connectivity index (χ2v) is 7.30. The van der Waals surface area contributed by atoms with Crippen molar-refractivity contribution in [3.8, 4) is 6.07 Å². The summed E-state index contributed by atoms with van der Waals surface area (Å²) < 4.78 is 26.7. The Kier molecular flexibility index (Phi) is 4.35. The van der Waals surface area contributed by atoms with Crippen LogP contribution in [0.2, 0.25) is 5.02 Å². The summed E-state index contributed by atoms with van der Waals surface area (Å²) >= 11 is 5.91. The van der Waals surface area contributed by atoms with Gasteiger partial charge >= 0.3 is 0 Å². The predicted octanol–water partition coefficient (Wildman–Crippen LogP) is 1.71. The monoisotopic (exact) mass is 313 g/mol. The van der Waals surface area contributed by atoms with Crippen LogP contribution in [-0.4, -0.2) is 31.4 Å². The van der Waals surface area contributed by atoms with Crippen molar-refractivity contribution in [2.75, 3.05) is 6.54 Å². The van der Waals surface area contributed by atoms with Crippen molar-refractivity contribution in [2.24, 2.45) is 5.73 Å². The highest BCUT2D eigenvalue weighted by molar-refractivity contribution is 7.89. The molecule has 0 unspecified atom stereocenters. The zero-order chi connectivity index (χ0) is 14.9. The van der Waals surface area contributed by atoms with E-state index in [9.17, 15) is 8.42 Å². The van der Waals surface area contributed by atoms with Crippen LogP contribution < -0.4 is 5.73 Å². The summed E-state index contributed by atoms with van der Waals surface area (Å²) in [6, 6.07) is 5.99. The third-order valence-corrected chi connectivity index (χ3v) is 5.85. The van der Waals surface area contributed by atoms with Crippen molar-refractivity contribution in [3.63, 3.8) is 0 Å². The number of benzene rings is 1. The van der Waals surface area contributed by atoms with Gasteiger partial charge in [-0.1, -0.05) is 11.6 Å². The molecule has 108 valence electrons. The van der Waals surface area contributed by atoms with Gasteiger partial charge in [0.05, 0.1) is 15.5 Å². The summed E-state index contributed by atoms with van der Waals surface area (Å²) in [6.45, 7) is 2.25. The van der Waals surface area contributed by atoms with Gasteiger partial charge in [0, 0.05) is 18.6 Å². The van der Waals surface area contributed by atoms with E-state index in [1.807, 2.05) is 13.0 Å². The Balaban J connectivity index is 2.36. The largest absolute Gasteiger partial charge is 0.328 e. The molecular weight excluding hydrogens is 298 g/mol. The Hall–Kier alpha value is -1.13. The molecule has 0 aromatic heterocycles. The van der Waals surface area contributed by atoms with Crippen molar-refractivity contribution in [1.82, 2.24) is 4.31 Å². The van der Waals surface area contributed by atoms with Crippen LogP contribution in [0.4, 0.5) is 0 Å². The van der Waals surface area contributed by atoms with Crippen molar-refractivity contribution < 1.29 is 8.42 Å². The Morgan fingerprint density at radius 2 is 2.20 bits per heavy atom. The molecule has 2 rings (SSSR count). The lowest BCUT2D eigenvalue weighted by molar-refractivity contribution is 0.247. The highest BCUT2D eigenvalue weighted by Crippen LogP contribution is 2.27. The number of halogens is 1. The van der Waals surface area contributed by atoms with Gasteiger partial charge in [-0.05, 0) is 38.0 Å². The van der Waals surface area contributed by atoms with Gasteiger partial charge in [-0.3, -0.25) is 0 Å². The standard InChI is InChI=1S/C13H16ClN3O2S/c1-9-6-11(16)4-5-17(9)20(18,19)12-3-2-10(8-15)13(14)7-12/h2-3,7,9,11H,4-6,16H2,1H3/t9-,11+/m0/s1. The Morgan fingerprint density at radius 3 is 2.75 bits per heavy atom. The van der Waals surface area contributed by atoms with Gasteiger partial charge in [-0.25, -0.2) is 8.42 Å². The topological polar surface area (TPSA) is 87.2 Å². The van der Waals surface area contributed by atoms with E-state index in [-0.39, 0.29) is 27.6 Å². The maximum absolute atomic E-state index is 12.6. The second kappa shape index (κ2) is 5.70. The number of nitrogens with two attached hydrogens (primary N) is 1. The molecule has 1 saturated heterocycles. The van der Waals surface area contributed by atoms with Crippen LogP contribution in [0.5, 0.6) is 0 Å². The lowest BCUT2D eigenvalue weighted by Gasteiger charge is -2.35. The zero-order valence-electron chi connectivity index (χ0n) is 11.1. The van der Waals surface area contributed by atoms with Gasteiger partial charge < -0.3 is 5.73 Å². The average molecular weight is 314 g/mol. The van der Waals surface area contributed by atoms with Crippen molar-refractivity contribution in [3.05, 3.63) is 28.8 Å². The fraction of sp³-hybridized carbons (Fsp3) is 0.462. The quantitative estimate of drug-likeness (QED) is 0.900. The van der Waals surface area contributed by atoms with E-state index in [1.165, 1.54) is 22.5 Å². The molecule has 7 heteroatoms. The first-order valence-electron chi connectivity index (χ1n) is 6.33. The van der Waals surface area contributed by atoms with E-state index in [2.05, 4.69) is 0 Å². The van der Waals surface area contributed by atoms with Crippen molar-refractivity contribution >= 4 is 21.6 Å². The molecule has 0 amide bonds. The smallest absolute Gasteiger partial charge is 0.243 e. The number of nitrogens with zero attached hydrogens (tertiary/aromatic N) is 2. The minimum absolute atomic E-state index is 0.0426. The molecular formula is C13H16ClN3O2S. The maximum Gasteiger partial charge on any atom is 0.243 e. The summed E-state index contributed by atoms with van der Waals surface area (Å²) in [4.78, 5) is 0.115. The van der Waals surface area contributed by atoms with Gasteiger partial charge in [0.15, 0.2) is 0 Å². The summed E-state index contributed by atoms with van der Waals surface area (Å²) in [5, 5.41) is 8.97. The third-order valence-electron chi connectivity index (χ3n) is 3.52. The summed E-state index contributed by atoms with van der Waals surface area (Å²) in [6.07, 6.45) is 1.29. The molecule has 5 nitrogen and oxygen atoms in total. The number of hydrogen-bond acceptors (Lipinski definition) is 4. The van der Waals surface area contributed by atoms with Gasteiger partial charge in [-0.2, -0.15) is 9.57 Å². The molecule has 1 fully saturated rings. The maximum atomic E-state index is 12.6. The van der Waals surface area contributed by atoms with Crippen molar-refractivity contribution in [1.29, 1.82) is 5.26 Å². The minimum Gasteiger partial charge on any atom is -0.328 e. The fourth-order valence-electron chi connectivity index (χ4n) is 2.43. The first-order valence-corrected chi connectivity index (χ1v) is 8.15. The number of rotatable bonds is 2. The number of sulfonamides is 1. The molecule has 1 aromatic carbocycles. The third kappa shape index (κ3) is 2.81. The van der Waals surface area contributed by atoms with E-state index in [1.54, 1.807) is 0 Å². The molecule has 0 spiro atoms. The minimum atomic E-state index is -3.60. The number of nitriles is 1. The van der Waals surface area contributed by atoms with Gasteiger partial charge in [0.1, 0.15) is 6.07 Å². The molecule has 0 radical (unpaired) electrons. The molecule has 1 aliphatic heterocycles. The second-order valence-electron chi connectivity index (χ2n) is 5.00. The Bertz CT molecular complexity index is 654. The van der Waals surface area contributed by atoms with Crippen LogP contribution in [0.25, 0.3) is 0 Å². The van der Waals surface area contributed by atoms with E-state index < -0.39 is 10.0 Å². The van der Waals surface area contributed by atoms with Gasteiger partial charge in [0.25, 0.3) is 0 Å². The highest BCUT2D eigenvalue weighted by Gasteiger charge is 2.33. The summed E-state index contributed by atoms with van der Waals surface area (Å²) in [5.74, 6) is 0. The predicted molar refractivity (Wildman–Crippen MR) is 76.7 cm³/mol. The highest BCUT2D eigenvalue weighted by atomic mass is 35.5. The first kappa shape index (κ1) is 15.3. The van der Waals surface area contributed by atoms with E-state index in [0.29, 0.717) is 19.4 Å². The summed E-state index contributed by atoms with van der Waals surface area (Å²) in [5.41, 5.74) is 6.12. The molecule has 2 N–H and O–H groups in total. The van der Waals surface area contributed by atoms with Crippen LogP contribution in [0.3, 0.4) is 0 Å². The lowest BCUT2D eigenvalue weighted by Crippen LogP contribution is -2.48. The molecule has 0 bridgehead atoms. The first-order chi connectivity index (χ1) is 9.36. The molecule has 20 heavy (non-hydrogen) atoms. The normalized spacial score (nSPS) is 24.3. The van der Waals surface area contributed by atoms with Crippen LogP contribution in [0.15, 0.2) is 23.1 Å². The molecule has 0 aliphatic carbocycles. The van der Waals surface area contributed by atoms with Gasteiger partial charge in [0.2, 0.25) is 10.0 Å². The molecule has 1 heterocycles. The Labute approximate surface area is 124 Å². The summed E-state index contributed by atoms with van der Waals surface area (Å²) in [7, 11) is -3.60.